The van der Waals surface area contributed by atoms with Crippen LogP contribution < -0.4 is 0 Å². The molecule has 0 aliphatic rings. The van der Waals surface area contributed by atoms with Crippen LogP contribution in [0.1, 0.15) is 16.2 Å². The number of hydrogen-bond acceptors (Lipinski definition) is 5. The first-order valence-corrected chi connectivity index (χ1v) is 4.48. The highest BCUT2D eigenvalue weighted by atomic mass is 19.4. The number of halogens is 3. The SMILES string of the molecule is O=C(O)c1noc(-c2cnccc2C(F)(F)F)n1. The van der Waals surface area contributed by atoms with Crippen LogP contribution in [0.3, 0.4) is 0 Å². The number of aromatic carboxylic acids is 1. The average Bonchev–Trinajstić information content (AvgIpc) is 2.77. The largest absolute Gasteiger partial charge is 0.475 e. The summed E-state index contributed by atoms with van der Waals surface area (Å²) >= 11 is 0. The van der Waals surface area contributed by atoms with Gasteiger partial charge in [-0.1, -0.05) is 0 Å². The third kappa shape index (κ3) is 2.14. The maximum atomic E-state index is 12.7. The zero-order valence-corrected chi connectivity index (χ0v) is 8.47. The minimum Gasteiger partial charge on any atom is -0.475 e. The fourth-order valence-electron chi connectivity index (χ4n) is 1.23. The summed E-state index contributed by atoms with van der Waals surface area (Å²) in [4.78, 5) is 17.4. The van der Waals surface area contributed by atoms with Crippen molar-refractivity contribution in [3.8, 4) is 11.5 Å². The summed E-state index contributed by atoms with van der Waals surface area (Å²) in [5.74, 6) is -2.77. The van der Waals surface area contributed by atoms with Gasteiger partial charge in [0.2, 0.25) is 0 Å². The van der Waals surface area contributed by atoms with Crippen LogP contribution in [0.25, 0.3) is 11.5 Å². The molecule has 1 N–H and O–H groups in total. The predicted molar refractivity (Wildman–Crippen MR) is 49.5 cm³/mol. The first-order valence-electron chi connectivity index (χ1n) is 4.48. The summed E-state index contributed by atoms with van der Waals surface area (Å²) < 4.78 is 42.5. The van der Waals surface area contributed by atoms with Crippen molar-refractivity contribution in [1.82, 2.24) is 15.1 Å². The Morgan fingerprint density at radius 1 is 1.39 bits per heavy atom. The molecule has 18 heavy (non-hydrogen) atoms. The van der Waals surface area contributed by atoms with Crippen LogP contribution in [0.5, 0.6) is 0 Å². The maximum absolute atomic E-state index is 12.7. The molecule has 2 aromatic heterocycles. The van der Waals surface area contributed by atoms with Crippen LogP contribution in [-0.2, 0) is 6.18 Å². The topological polar surface area (TPSA) is 89.1 Å². The van der Waals surface area contributed by atoms with Crippen molar-refractivity contribution in [2.24, 2.45) is 0 Å². The van der Waals surface area contributed by atoms with Gasteiger partial charge in [0, 0.05) is 12.4 Å². The minimum absolute atomic E-state index is 0.468. The van der Waals surface area contributed by atoms with Crippen molar-refractivity contribution in [3.63, 3.8) is 0 Å². The van der Waals surface area contributed by atoms with Crippen LogP contribution in [0.2, 0.25) is 0 Å². The molecule has 0 spiro atoms. The molecule has 0 aliphatic heterocycles. The van der Waals surface area contributed by atoms with Crippen LogP contribution in [0.4, 0.5) is 13.2 Å². The molecule has 0 saturated heterocycles. The number of alkyl halides is 3. The van der Waals surface area contributed by atoms with Crippen molar-refractivity contribution in [2.75, 3.05) is 0 Å². The molecule has 0 aliphatic carbocycles. The summed E-state index contributed by atoms with van der Waals surface area (Å²) in [6.45, 7) is 0. The number of hydrogen-bond donors (Lipinski definition) is 1. The van der Waals surface area contributed by atoms with Crippen molar-refractivity contribution >= 4 is 5.97 Å². The molecule has 0 fully saturated rings. The van der Waals surface area contributed by atoms with E-state index in [1.54, 1.807) is 0 Å². The number of carboxylic acid groups (broad SMARTS) is 1. The van der Waals surface area contributed by atoms with Gasteiger partial charge >= 0.3 is 12.1 Å². The van der Waals surface area contributed by atoms with E-state index in [9.17, 15) is 18.0 Å². The summed E-state index contributed by atoms with van der Waals surface area (Å²) in [7, 11) is 0. The highest BCUT2D eigenvalue weighted by Crippen LogP contribution is 2.35. The predicted octanol–water partition coefficient (Wildman–Crippen LogP) is 1.85. The molecule has 9 heteroatoms. The second kappa shape index (κ2) is 4.09. The molecule has 0 saturated carbocycles. The molecule has 2 heterocycles. The number of carbonyl (C=O) groups is 1. The van der Waals surface area contributed by atoms with Gasteiger partial charge in [0.15, 0.2) is 0 Å². The second-order valence-corrected chi connectivity index (χ2v) is 3.15. The summed E-state index contributed by atoms with van der Waals surface area (Å²) in [6, 6.07) is 0.736. The van der Waals surface area contributed by atoms with E-state index < -0.39 is 35.0 Å². The maximum Gasteiger partial charge on any atom is 0.417 e. The Morgan fingerprint density at radius 2 is 2.11 bits per heavy atom. The molecular formula is C9H4F3N3O3. The van der Waals surface area contributed by atoms with Crippen LogP contribution >= 0.6 is 0 Å². The summed E-state index contributed by atoms with van der Waals surface area (Å²) in [5.41, 5.74) is -1.50. The fourth-order valence-corrected chi connectivity index (χ4v) is 1.23. The van der Waals surface area contributed by atoms with Gasteiger partial charge in [0.05, 0.1) is 11.1 Å². The van der Waals surface area contributed by atoms with E-state index in [2.05, 4.69) is 19.6 Å². The van der Waals surface area contributed by atoms with E-state index in [0.29, 0.717) is 0 Å². The zero-order chi connectivity index (χ0) is 13.3. The lowest BCUT2D eigenvalue weighted by atomic mass is 10.1. The molecule has 6 nitrogen and oxygen atoms in total. The fraction of sp³-hybridized carbons (Fsp3) is 0.111. The Morgan fingerprint density at radius 3 is 2.67 bits per heavy atom. The van der Waals surface area contributed by atoms with E-state index in [1.165, 1.54) is 0 Å². The molecule has 2 rings (SSSR count). The minimum atomic E-state index is -4.63. The third-order valence-electron chi connectivity index (χ3n) is 1.97. The number of rotatable bonds is 2. The lowest BCUT2D eigenvalue weighted by Gasteiger charge is -2.08. The molecule has 0 atom stereocenters. The van der Waals surface area contributed by atoms with Gasteiger partial charge in [-0.2, -0.15) is 18.2 Å². The van der Waals surface area contributed by atoms with Gasteiger partial charge in [-0.05, 0) is 11.2 Å². The summed E-state index contributed by atoms with van der Waals surface area (Å²) in [5, 5.41) is 11.6. The van der Waals surface area contributed by atoms with Gasteiger partial charge < -0.3 is 9.63 Å². The first kappa shape index (κ1) is 12.0. The zero-order valence-electron chi connectivity index (χ0n) is 8.47. The smallest absolute Gasteiger partial charge is 0.417 e. The molecule has 0 aromatic carbocycles. The van der Waals surface area contributed by atoms with E-state index >= 15 is 0 Å². The first-order chi connectivity index (χ1) is 8.39. The van der Waals surface area contributed by atoms with E-state index in [0.717, 1.165) is 18.5 Å². The number of aromatic nitrogens is 3. The highest BCUT2D eigenvalue weighted by Gasteiger charge is 2.35. The van der Waals surface area contributed by atoms with E-state index in [1.807, 2.05) is 0 Å². The van der Waals surface area contributed by atoms with Crippen molar-refractivity contribution in [3.05, 3.63) is 29.8 Å². The molecule has 0 amide bonds. The quantitative estimate of drug-likeness (QED) is 0.885. The molecule has 0 unspecified atom stereocenters. The number of nitrogens with zero attached hydrogens (tertiary/aromatic N) is 3. The Bertz CT molecular complexity index is 594. The van der Waals surface area contributed by atoms with Crippen molar-refractivity contribution < 1.29 is 27.6 Å². The van der Waals surface area contributed by atoms with Crippen molar-refractivity contribution in [2.45, 2.75) is 6.18 Å². The Kier molecular flexibility index (Phi) is 2.73. The van der Waals surface area contributed by atoms with Gasteiger partial charge in [-0.25, -0.2) is 4.79 Å². The van der Waals surface area contributed by atoms with Gasteiger partial charge in [-0.15, -0.1) is 0 Å². The van der Waals surface area contributed by atoms with Gasteiger partial charge in [0.1, 0.15) is 0 Å². The highest BCUT2D eigenvalue weighted by molar-refractivity contribution is 5.83. The Hall–Kier alpha value is -2.45. The monoisotopic (exact) mass is 259 g/mol. The molecule has 0 bridgehead atoms. The van der Waals surface area contributed by atoms with Crippen LogP contribution in [0, 0.1) is 0 Å². The standard InChI is InChI=1S/C9H4F3N3O3/c10-9(11,12)5-1-2-13-3-4(5)7-14-6(8(16)17)15-18-7/h1-3H,(H,16,17). The molecule has 2 aromatic rings. The Labute approximate surface area is 97.1 Å². The third-order valence-corrected chi connectivity index (χ3v) is 1.97. The van der Waals surface area contributed by atoms with Crippen molar-refractivity contribution in [1.29, 1.82) is 0 Å². The Balaban J connectivity index is 2.53. The van der Waals surface area contributed by atoms with Gasteiger partial charge in [0.25, 0.3) is 11.7 Å². The number of carboxylic acids is 1. The lowest BCUT2D eigenvalue weighted by molar-refractivity contribution is -0.137. The lowest BCUT2D eigenvalue weighted by Crippen LogP contribution is -2.07. The van der Waals surface area contributed by atoms with Gasteiger partial charge in [-0.3, -0.25) is 4.98 Å². The van der Waals surface area contributed by atoms with Crippen LogP contribution in [-0.4, -0.2) is 26.2 Å². The summed E-state index contributed by atoms with van der Waals surface area (Å²) in [6.07, 6.45) is -2.79. The average molecular weight is 259 g/mol. The molecular weight excluding hydrogens is 255 g/mol. The van der Waals surface area contributed by atoms with Crippen LogP contribution in [0.15, 0.2) is 23.0 Å². The molecule has 0 radical (unpaired) electrons. The van der Waals surface area contributed by atoms with E-state index in [-0.39, 0.29) is 0 Å². The second-order valence-electron chi connectivity index (χ2n) is 3.15. The number of pyridine rings is 1. The molecule has 94 valence electrons. The van der Waals surface area contributed by atoms with E-state index in [4.69, 9.17) is 5.11 Å². The normalized spacial score (nSPS) is 11.5.